The van der Waals surface area contributed by atoms with Crippen molar-refractivity contribution in [1.82, 2.24) is 0 Å². The van der Waals surface area contributed by atoms with Gasteiger partial charge in [0.15, 0.2) is 5.71 Å². The molecule has 0 saturated heterocycles. The molecule has 0 spiro atoms. The third-order valence-corrected chi connectivity index (χ3v) is 2.18. The van der Waals surface area contributed by atoms with Crippen molar-refractivity contribution >= 4 is 11.7 Å². The van der Waals surface area contributed by atoms with Crippen molar-refractivity contribution < 1.29 is 19.8 Å². The van der Waals surface area contributed by atoms with E-state index in [0.717, 1.165) is 5.56 Å². The van der Waals surface area contributed by atoms with Gasteiger partial charge in [-0.2, -0.15) is 0 Å². The largest absolute Gasteiger partial charge is 0.477 e. The first-order valence-corrected chi connectivity index (χ1v) is 5.24. The van der Waals surface area contributed by atoms with E-state index in [-0.39, 0.29) is 12.3 Å². The van der Waals surface area contributed by atoms with Crippen LogP contribution in [0.2, 0.25) is 0 Å². The topological polar surface area (TPSA) is 79.1 Å². The Morgan fingerprint density at radius 2 is 2.06 bits per heavy atom. The SMILES string of the molecule is C/C(=N\OCCC(O)c1ccccc1)C(=O)O. The van der Waals surface area contributed by atoms with Crippen molar-refractivity contribution in [3.8, 4) is 0 Å². The molecule has 5 nitrogen and oxygen atoms in total. The molecule has 1 rings (SSSR count). The Morgan fingerprint density at radius 3 is 2.65 bits per heavy atom. The van der Waals surface area contributed by atoms with Crippen molar-refractivity contribution in [3.05, 3.63) is 35.9 Å². The van der Waals surface area contributed by atoms with Crippen molar-refractivity contribution in [2.45, 2.75) is 19.4 Å². The van der Waals surface area contributed by atoms with Crippen LogP contribution in [-0.2, 0) is 9.63 Å². The molecular formula is C12H15NO4. The van der Waals surface area contributed by atoms with E-state index in [9.17, 15) is 9.90 Å². The van der Waals surface area contributed by atoms with E-state index in [1.54, 1.807) is 0 Å². The Morgan fingerprint density at radius 1 is 1.41 bits per heavy atom. The Labute approximate surface area is 99.3 Å². The average molecular weight is 237 g/mol. The highest BCUT2D eigenvalue weighted by Gasteiger charge is 2.07. The summed E-state index contributed by atoms with van der Waals surface area (Å²) in [4.78, 5) is 15.2. The van der Waals surface area contributed by atoms with Crippen LogP contribution in [-0.4, -0.2) is 28.5 Å². The zero-order valence-corrected chi connectivity index (χ0v) is 9.54. The zero-order valence-electron chi connectivity index (χ0n) is 9.54. The van der Waals surface area contributed by atoms with Gasteiger partial charge >= 0.3 is 5.97 Å². The Kier molecular flexibility index (Phi) is 5.16. The molecule has 0 aliphatic heterocycles. The third-order valence-electron chi connectivity index (χ3n) is 2.18. The van der Waals surface area contributed by atoms with Crippen LogP contribution in [0.15, 0.2) is 35.5 Å². The van der Waals surface area contributed by atoms with Crippen LogP contribution in [0.1, 0.15) is 25.0 Å². The minimum atomic E-state index is -1.12. The number of carboxylic acid groups (broad SMARTS) is 1. The molecule has 1 aromatic carbocycles. The molecule has 17 heavy (non-hydrogen) atoms. The van der Waals surface area contributed by atoms with E-state index in [1.165, 1.54) is 6.92 Å². The van der Waals surface area contributed by atoms with Gasteiger partial charge in [-0.05, 0) is 12.5 Å². The lowest BCUT2D eigenvalue weighted by Crippen LogP contribution is -2.09. The molecule has 5 heteroatoms. The predicted octanol–water partition coefficient (Wildman–Crippen LogP) is 1.59. The number of hydrogen-bond donors (Lipinski definition) is 2. The molecular weight excluding hydrogens is 222 g/mol. The highest BCUT2D eigenvalue weighted by Crippen LogP contribution is 2.15. The van der Waals surface area contributed by atoms with Gasteiger partial charge in [0, 0.05) is 6.42 Å². The molecule has 92 valence electrons. The molecule has 0 fully saturated rings. The smallest absolute Gasteiger partial charge is 0.353 e. The van der Waals surface area contributed by atoms with Gasteiger partial charge in [-0.25, -0.2) is 4.79 Å². The van der Waals surface area contributed by atoms with E-state index in [4.69, 9.17) is 9.94 Å². The van der Waals surface area contributed by atoms with Crippen LogP contribution in [0.4, 0.5) is 0 Å². The Bertz CT molecular complexity index is 389. The number of hydrogen-bond acceptors (Lipinski definition) is 4. The fourth-order valence-corrected chi connectivity index (χ4v) is 1.19. The molecule has 1 unspecified atom stereocenters. The van der Waals surface area contributed by atoms with E-state index in [0.29, 0.717) is 6.42 Å². The van der Waals surface area contributed by atoms with Crippen LogP contribution in [0.25, 0.3) is 0 Å². The summed E-state index contributed by atoms with van der Waals surface area (Å²) in [6, 6.07) is 9.18. The number of aliphatic carboxylic acids is 1. The van der Waals surface area contributed by atoms with Crippen molar-refractivity contribution in [3.63, 3.8) is 0 Å². The van der Waals surface area contributed by atoms with Gasteiger partial charge in [-0.15, -0.1) is 0 Å². The molecule has 0 saturated carbocycles. The number of aliphatic hydroxyl groups excluding tert-OH is 1. The maximum absolute atomic E-state index is 10.4. The molecule has 0 aromatic heterocycles. The molecule has 1 aromatic rings. The summed E-state index contributed by atoms with van der Waals surface area (Å²) in [5.41, 5.74) is 0.689. The average Bonchev–Trinajstić information content (AvgIpc) is 2.35. The molecule has 0 aliphatic carbocycles. The lowest BCUT2D eigenvalue weighted by Gasteiger charge is -2.09. The highest BCUT2D eigenvalue weighted by atomic mass is 16.6. The highest BCUT2D eigenvalue weighted by molar-refractivity contribution is 6.34. The van der Waals surface area contributed by atoms with Crippen LogP contribution < -0.4 is 0 Å². The Hall–Kier alpha value is -1.88. The normalized spacial score (nSPS) is 13.2. The minimum Gasteiger partial charge on any atom is -0.477 e. The molecule has 0 bridgehead atoms. The first-order chi connectivity index (χ1) is 8.11. The van der Waals surface area contributed by atoms with Crippen molar-refractivity contribution in [1.29, 1.82) is 0 Å². The molecule has 0 radical (unpaired) electrons. The number of aliphatic hydroxyl groups is 1. The van der Waals surface area contributed by atoms with Crippen LogP contribution >= 0.6 is 0 Å². The molecule has 0 aliphatic rings. The number of carbonyl (C=O) groups is 1. The van der Waals surface area contributed by atoms with Gasteiger partial charge in [0.05, 0.1) is 6.10 Å². The first-order valence-electron chi connectivity index (χ1n) is 5.24. The first kappa shape index (κ1) is 13.2. The predicted molar refractivity (Wildman–Crippen MR) is 62.7 cm³/mol. The van der Waals surface area contributed by atoms with Crippen LogP contribution in [0.5, 0.6) is 0 Å². The second-order valence-electron chi connectivity index (χ2n) is 3.53. The third kappa shape index (κ3) is 4.65. The van der Waals surface area contributed by atoms with Gasteiger partial charge in [0.2, 0.25) is 0 Å². The summed E-state index contributed by atoms with van der Waals surface area (Å²) in [6.07, 6.45) is -0.267. The fourth-order valence-electron chi connectivity index (χ4n) is 1.19. The molecule has 0 amide bonds. The second-order valence-corrected chi connectivity index (χ2v) is 3.53. The lowest BCUT2D eigenvalue weighted by molar-refractivity contribution is -0.129. The Balaban J connectivity index is 2.33. The number of oxime groups is 1. The van der Waals surface area contributed by atoms with Gasteiger partial charge in [0.1, 0.15) is 6.61 Å². The maximum atomic E-state index is 10.4. The van der Waals surface area contributed by atoms with Crippen molar-refractivity contribution in [2.24, 2.45) is 5.16 Å². The minimum absolute atomic E-state index is 0.112. The molecule has 0 heterocycles. The maximum Gasteiger partial charge on any atom is 0.353 e. The van der Waals surface area contributed by atoms with Gasteiger partial charge in [-0.1, -0.05) is 35.5 Å². The van der Waals surface area contributed by atoms with E-state index in [1.807, 2.05) is 30.3 Å². The summed E-state index contributed by atoms with van der Waals surface area (Å²) >= 11 is 0. The monoisotopic (exact) mass is 237 g/mol. The standard InChI is InChI=1S/C12H15NO4/c1-9(12(15)16)13-17-8-7-11(14)10-5-3-2-4-6-10/h2-6,11,14H,7-8H2,1H3,(H,15,16)/b13-9+. The van der Waals surface area contributed by atoms with Crippen molar-refractivity contribution in [2.75, 3.05) is 6.61 Å². The molecule has 2 N–H and O–H groups in total. The number of rotatable bonds is 6. The van der Waals surface area contributed by atoms with E-state index < -0.39 is 12.1 Å². The summed E-state index contributed by atoms with van der Waals surface area (Å²) in [5, 5.41) is 21.7. The molecule has 1 atom stereocenters. The summed E-state index contributed by atoms with van der Waals surface area (Å²) in [6.45, 7) is 1.51. The van der Waals surface area contributed by atoms with E-state index in [2.05, 4.69) is 5.16 Å². The van der Waals surface area contributed by atoms with Gasteiger partial charge in [0.25, 0.3) is 0 Å². The zero-order chi connectivity index (χ0) is 12.7. The summed E-state index contributed by atoms with van der Waals surface area (Å²) in [7, 11) is 0. The fraction of sp³-hybridized carbons (Fsp3) is 0.333. The quantitative estimate of drug-likeness (QED) is 0.447. The van der Waals surface area contributed by atoms with Crippen LogP contribution in [0, 0.1) is 0 Å². The van der Waals surface area contributed by atoms with Gasteiger partial charge in [-0.3, -0.25) is 0 Å². The van der Waals surface area contributed by atoms with Crippen LogP contribution in [0.3, 0.4) is 0 Å². The summed E-state index contributed by atoms with van der Waals surface area (Å²) in [5.74, 6) is -1.12. The number of nitrogens with zero attached hydrogens (tertiary/aromatic N) is 1. The lowest BCUT2D eigenvalue weighted by atomic mass is 10.1. The summed E-state index contributed by atoms with van der Waals surface area (Å²) < 4.78 is 0. The second kappa shape index (κ2) is 6.65. The van der Waals surface area contributed by atoms with Gasteiger partial charge < -0.3 is 15.1 Å². The number of benzene rings is 1. The number of carboxylic acids is 1. The van der Waals surface area contributed by atoms with E-state index >= 15 is 0 Å².